The fourth-order valence-corrected chi connectivity index (χ4v) is 12.6. The number of nitrogens with one attached hydrogen (secondary N) is 1. The normalized spacial score (nSPS) is 36.9. The van der Waals surface area contributed by atoms with Gasteiger partial charge < -0.3 is 15.2 Å². The molecule has 0 radical (unpaired) electrons. The van der Waals surface area contributed by atoms with Gasteiger partial charge in [-0.25, -0.2) is 4.39 Å². The maximum absolute atomic E-state index is 13.9. The van der Waals surface area contributed by atoms with Gasteiger partial charge in [-0.05, 0) is 141 Å². The molecule has 1 aromatic rings. The third kappa shape index (κ3) is 5.98. The number of hydrogen-bond donors (Lipinski definition) is 2. The Morgan fingerprint density at radius 1 is 0.942 bits per heavy atom. The number of esters is 1. The molecule has 1 amide bonds. The molecule has 5 aliphatic carbocycles. The number of rotatable bonds is 8. The van der Waals surface area contributed by atoms with Gasteiger partial charge >= 0.3 is 11.9 Å². The summed E-state index contributed by atoms with van der Waals surface area (Å²) >= 11 is 0. The number of Topliss-reactive ketones (excluding diaryl/α,β-unsaturated/α-hetero) is 1. The molecule has 0 spiro atoms. The standard InChI is InChI=1S/C44H60FNO6/c1-26(2)36-30(47)24-44(21-18-34(48)46-28-12-10-27(45)11-13-28)23-22-42(8)29(37(36)44)14-15-32-41(7)19-17-33(52-35(49)25-39(3,4)38(50)51)40(5,6)31(41)16-20-43(32,42)9/h10-13,18,21,26,29,31-33H,14-17,19-20,22-25H2,1-9H3,(H,46,48)(H,50,51)/b21-18+/t29-,31+,32-,33+,41+,42-,43-,44+/m1/s1. The van der Waals surface area contributed by atoms with Crippen molar-refractivity contribution in [2.75, 3.05) is 5.32 Å². The van der Waals surface area contributed by atoms with Crippen LogP contribution in [0.2, 0.25) is 0 Å². The van der Waals surface area contributed by atoms with Crippen LogP contribution in [0, 0.1) is 62.0 Å². The smallest absolute Gasteiger partial charge is 0.309 e. The van der Waals surface area contributed by atoms with Crippen molar-refractivity contribution < 1.29 is 33.4 Å². The summed E-state index contributed by atoms with van der Waals surface area (Å²) in [5.74, 6) is -0.732. The average Bonchev–Trinajstić information content (AvgIpc) is 3.35. The number of anilines is 1. The van der Waals surface area contributed by atoms with Gasteiger partial charge in [0.05, 0.1) is 11.8 Å². The Bertz CT molecular complexity index is 1710. The summed E-state index contributed by atoms with van der Waals surface area (Å²) in [7, 11) is 0. The van der Waals surface area contributed by atoms with E-state index in [-0.39, 0.29) is 63.5 Å². The molecule has 1 aromatic carbocycles. The first kappa shape index (κ1) is 38.4. The van der Waals surface area contributed by atoms with Gasteiger partial charge in [0.1, 0.15) is 11.9 Å². The zero-order chi connectivity index (χ0) is 38.2. The molecule has 0 unspecified atom stereocenters. The molecule has 0 aliphatic heterocycles. The number of benzene rings is 1. The van der Waals surface area contributed by atoms with Gasteiger partial charge in [-0.2, -0.15) is 0 Å². The summed E-state index contributed by atoms with van der Waals surface area (Å²) in [6.45, 7) is 19.4. The van der Waals surface area contributed by atoms with E-state index in [1.165, 1.54) is 17.7 Å². The fourth-order valence-electron chi connectivity index (χ4n) is 12.6. The van der Waals surface area contributed by atoms with Crippen LogP contribution in [0.4, 0.5) is 10.1 Å². The SMILES string of the molecule is CC(C)C1=C2[C@H]3CC[C@@H]4[C@@]5(C)CC[C@H](OC(=O)CC(C)(C)C(=O)O)C(C)(C)[C@@H]5CC[C@@]4(C)[C@]3(C)CC[C@@]2(/C=C/C(=O)Nc2ccc(F)cc2)CC1=O. The van der Waals surface area contributed by atoms with E-state index in [1.54, 1.807) is 32.1 Å². The molecule has 7 nitrogen and oxygen atoms in total. The van der Waals surface area contributed by atoms with Crippen LogP contribution in [0.1, 0.15) is 127 Å². The maximum atomic E-state index is 13.9. The Balaban J connectivity index is 1.28. The van der Waals surface area contributed by atoms with Gasteiger partial charge in [0.25, 0.3) is 0 Å². The molecular formula is C44H60FNO6. The lowest BCUT2D eigenvalue weighted by molar-refractivity contribution is -0.232. The van der Waals surface area contributed by atoms with E-state index in [4.69, 9.17) is 4.74 Å². The zero-order valence-corrected chi connectivity index (χ0v) is 32.8. The number of halogens is 1. The van der Waals surface area contributed by atoms with E-state index in [2.05, 4.69) is 53.8 Å². The molecule has 284 valence electrons. The lowest BCUT2D eigenvalue weighted by atomic mass is 9.33. The molecule has 4 fully saturated rings. The van der Waals surface area contributed by atoms with E-state index in [0.717, 1.165) is 56.9 Å². The first-order valence-electron chi connectivity index (χ1n) is 19.6. The minimum absolute atomic E-state index is 0.0306. The van der Waals surface area contributed by atoms with Crippen LogP contribution in [0.15, 0.2) is 47.6 Å². The van der Waals surface area contributed by atoms with Crippen molar-refractivity contribution in [1.29, 1.82) is 0 Å². The first-order valence-corrected chi connectivity index (χ1v) is 19.6. The molecular weight excluding hydrogens is 657 g/mol. The van der Waals surface area contributed by atoms with Gasteiger partial charge in [-0.3, -0.25) is 19.2 Å². The molecule has 4 saturated carbocycles. The summed E-state index contributed by atoms with van der Waals surface area (Å²) in [4.78, 5) is 51.9. The van der Waals surface area contributed by atoms with Crippen LogP contribution in [-0.4, -0.2) is 34.8 Å². The van der Waals surface area contributed by atoms with Gasteiger partial charge in [-0.1, -0.05) is 54.5 Å². The number of amides is 1. The average molecular weight is 718 g/mol. The lowest BCUT2D eigenvalue weighted by Gasteiger charge is -2.72. The molecule has 52 heavy (non-hydrogen) atoms. The number of carbonyl (C=O) groups is 4. The summed E-state index contributed by atoms with van der Waals surface area (Å²) < 4.78 is 19.6. The highest BCUT2D eigenvalue weighted by molar-refractivity contribution is 6.02. The fraction of sp³-hybridized carbons (Fsp3) is 0.682. The predicted octanol–water partition coefficient (Wildman–Crippen LogP) is 9.71. The number of fused-ring (bicyclic) bond motifs is 7. The second-order valence-corrected chi connectivity index (χ2v) is 19.4. The molecule has 0 saturated heterocycles. The zero-order valence-electron chi connectivity index (χ0n) is 32.8. The molecule has 8 heteroatoms. The Morgan fingerprint density at radius 3 is 2.25 bits per heavy atom. The third-order valence-electron chi connectivity index (χ3n) is 15.5. The highest BCUT2D eigenvalue weighted by Gasteiger charge is 2.70. The number of ether oxygens (including phenoxy) is 1. The van der Waals surface area contributed by atoms with Crippen molar-refractivity contribution in [3.63, 3.8) is 0 Å². The van der Waals surface area contributed by atoms with Crippen molar-refractivity contribution in [2.45, 2.75) is 133 Å². The van der Waals surface area contributed by atoms with E-state index < -0.39 is 22.8 Å². The number of carbonyl (C=O) groups excluding carboxylic acids is 3. The van der Waals surface area contributed by atoms with Crippen LogP contribution in [0.5, 0.6) is 0 Å². The Hall–Kier alpha value is -3.29. The minimum Gasteiger partial charge on any atom is -0.481 e. The van der Waals surface area contributed by atoms with Crippen molar-refractivity contribution in [3.05, 3.63) is 53.4 Å². The van der Waals surface area contributed by atoms with Gasteiger partial charge in [-0.15, -0.1) is 0 Å². The number of aliphatic carboxylic acids is 1. The quantitative estimate of drug-likeness (QED) is 0.205. The van der Waals surface area contributed by atoms with E-state index in [9.17, 15) is 28.7 Å². The van der Waals surface area contributed by atoms with Crippen LogP contribution >= 0.6 is 0 Å². The number of carboxylic acid groups (broad SMARTS) is 1. The minimum atomic E-state index is -1.18. The maximum Gasteiger partial charge on any atom is 0.309 e. The van der Waals surface area contributed by atoms with Crippen molar-refractivity contribution in [2.24, 2.45) is 56.2 Å². The first-order chi connectivity index (χ1) is 24.1. The van der Waals surface area contributed by atoms with Crippen LogP contribution < -0.4 is 5.32 Å². The largest absolute Gasteiger partial charge is 0.481 e. The molecule has 2 N–H and O–H groups in total. The van der Waals surface area contributed by atoms with Crippen molar-refractivity contribution in [3.8, 4) is 0 Å². The monoisotopic (exact) mass is 717 g/mol. The third-order valence-corrected chi connectivity index (χ3v) is 15.5. The molecule has 8 atom stereocenters. The summed E-state index contributed by atoms with van der Waals surface area (Å²) in [5, 5.41) is 12.5. The molecule has 0 heterocycles. The molecule has 5 aliphatic rings. The number of carboxylic acids is 1. The Labute approximate surface area is 309 Å². The van der Waals surface area contributed by atoms with Gasteiger partial charge in [0.15, 0.2) is 5.78 Å². The Kier molecular flexibility index (Phi) is 9.56. The molecule has 6 rings (SSSR count). The molecule has 0 bridgehead atoms. The lowest BCUT2D eigenvalue weighted by Crippen LogP contribution is -2.65. The topological polar surface area (TPSA) is 110 Å². The van der Waals surface area contributed by atoms with Crippen molar-refractivity contribution in [1.82, 2.24) is 0 Å². The Morgan fingerprint density at radius 2 is 1.62 bits per heavy atom. The summed E-state index contributed by atoms with van der Waals surface area (Å²) in [5.41, 5.74) is 0.891. The van der Waals surface area contributed by atoms with Gasteiger partial charge in [0, 0.05) is 29.0 Å². The number of hydrogen-bond acceptors (Lipinski definition) is 5. The van der Waals surface area contributed by atoms with E-state index in [1.807, 2.05) is 6.08 Å². The van der Waals surface area contributed by atoms with Crippen LogP contribution in [-0.2, 0) is 23.9 Å². The van der Waals surface area contributed by atoms with Gasteiger partial charge in [0.2, 0.25) is 5.91 Å². The summed E-state index contributed by atoms with van der Waals surface area (Å²) in [6, 6.07) is 5.74. The molecule has 0 aromatic heterocycles. The second-order valence-electron chi connectivity index (χ2n) is 19.4. The van der Waals surface area contributed by atoms with E-state index in [0.29, 0.717) is 23.9 Å². The highest BCUT2D eigenvalue weighted by Crippen LogP contribution is 2.77. The van der Waals surface area contributed by atoms with Crippen molar-refractivity contribution >= 4 is 29.3 Å². The van der Waals surface area contributed by atoms with Crippen LogP contribution in [0.3, 0.4) is 0 Å². The second kappa shape index (κ2) is 12.9. The van der Waals surface area contributed by atoms with Crippen LogP contribution in [0.25, 0.3) is 0 Å². The summed E-state index contributed by atoms with van der Waals surface area (Å²) in [6.07, 6.45) is 11.3. The number of ketones is 1. The number of allylic oxidation sites excluding steroid dienone is 3. The van der Waals surface area contributed by atoms with E-state index >= 15 is 0 Å². The highest BCUT2D eigenvalue weighted by atomic mass is 19.1. The predicted molar refractivity (Wildman–Crippen MR) is 200 cm³/mol.